The summed E-state index contributed by atoms with van der Waals surface area (Å²) in [6.07, 6.45) is 0. The molecule has 0 amide bonds. The lowest BCUT2D eigenvalue weighted by Gasteiger charge is -2.10. The van der Waals surface area contributed by atoms with Crippen LogP contribution in [0.3, 0.4) is 0 Å². The Bertz CT molecular complexity index is 718. The molecule has 0 atom stereocenters. The summed E-state index contributed by atoms with van der Waals surface area (Å²) in [7, 11) is 0. The first-order chi connectivity index (χ1) is 9.51. The Labute approximate surface area is 116 Å². The van der Waals surface area contributed by atoms with Crippen LogP contribution in [0.15, 0.2) is 36.4 Å². The molecule has 0 spiro atoms. The zero-order valence-corrected chi connectivity index (χ0v) is 11.2. The summed E-state index contributed by atoms with van der Waals surface area (Å²) in [5.41, 5.74) is 3.87. The SMILES string of the molecule is Cc1ccc(Nc2ccc([N+](=O)[O-])cc2C#N)cc1C. The largest absolute Gasteiger partial charge is 0.354 e. The third-order valence-electron chi connectivity index (χ3n) is 3.12. The molecule has 0 aromatic heterocycles. The topological polar surface area (TPSA) is 79.0 Å². The minimum Gasteiger partial charge on any atom is -0.354 e. The Balaban J connectivity index is 2.36. The van der Waals surface area contributed by atoms with Crippen molar-refractivity contribution in [2.24, 2.45) is 0 Å². The number of nitrogens with one attached hydrogen (secondary N) is 1. The van der Waals surface area contributed by atoms with Gasteiger partial charge in [-0.1, -0.05) is 6.07 Å². The molecule has 0 unspecified atom stereocenters. The lowest BCUT2D eigenvalue weighted by Crippen LogP contribution is -1.96. The molecular formula is C15H13N3O2. The van der Waals surface area contributed by atoms with Gasteiger partial charge in [0, 0.05) is 17.8 Å². The smallest absolute Gasteiger partial charge is 0.270 e. The molecule has 0 radical (unpaired) electrons. The zero-order chi connectivity index (χ0) is 14.7. The summed E-state index contributed by atoms with van der Waals surface area (Å²) in [5, 5.41) is 22.9. The van der Waals surface area contributed by atoms with Crippen LogP contribution in [0, 0.1) is 35.3 Å². The van der Waals surface area contributed by atoms with Gasteiger partial charge in [0.05, 0.1) is 16.2 Å². The van der Waals surface area contributed by atoms with Gasteiger partial charge in [0.2, 0.25) is 0 Å². The number of nitro groups is 1. The van der Waals surface area contributed by atoms with Crippen molar-refractivity contribution < 1.29 is 4.92 Å². The van der Waals surface area contributed by atoms with E-state index in [2.05, 4.69) is 5.32 Å². The molecule has 0 saturated carbocycles. The van der Waals surface area contributed by atoms with Crippen LogP contribution in [0.4, 0.5) is 17.1 Å². The average molecular weight is 267 g/mol. The van der Waals surface area contributed by atoms with E-state index < -0.39 is 4.92 Å². The van der Waals surface area contributed by atoms with E-state index in [0.29, 0.717) is 5.69 Å². The van der Waals surface area contributed by atoms with Crippen LogP contribution in [0.1, 0.15) is 16.7 Å². The summed E-state index contributed by atoms with van der Waals surface area (Å²) in [6, 6.07) is 12.0. The predicted molar refractivity (Wildman–Crippen MR) is 77.0 cm³/mol. The Morgan fingerprint density at radius 2 is 1.90 bits per heavy atom. The summed E-state index contributed by atoms with van der Waals surface area (Å²) >= 11 is 0. The van der Waals surface area contributed by atoms with Gasteiger partial charge in [0.15, 0.2) is 0 Å². The van der Waals surface area contributed by atoms with E-state index in [4.69, 9.17) is 5.26 Å². The van der Waals surface area contributed by atoms with Crippen LogP contribution in [-0.2, 0) is 0 Å². The van der Waals surface area contributed by atoms with Crippen molar-refractivity contribution in [3.8, 4) is 6.07 Å². The maximum atomic E-state index is 10.7. The third-order valence-corrected chi connectivity index (χ3v) is 3.12. The standard InChI is InChI=1S/C15H13N3O2/c1-10-3-4-13(7-11(10)2)17-15-6-5-14(18(19)20)8-12(15)9-16/h3-8,17H,1-2H3. The molecule has 0 fully saturated rings. The molecule has 2 aromatic carbocycles. The summed E-state index contributed by atoms with van der Waals surface area (Å²) in [6.45, 7) is 4.02. The lowest BCUT2D eigenvalue weighted by molar-refractivity contribution is -0.384. The summed E-state index contributed by atoms with van der Waals surface area (Å²) < 4.78 is 0. The van der Waals surface area contributed by atoms with E-state index in [1.165, 1.54) is 17.7 Å². The van der Waals surface area contributed by atoms with Gasteiger partial charge in [0.1, 0.15) is 6.07 Å². The molecule has 0 aliphatic heterocycles. The van der Waals surface area contributed by atoms with E-state index in [1.807, 2.05) is 38.1 Å². The fourth-order valence-corrected chi connectivity index (χ4v) is 1.82. The average Bonchev–Trinajstić information content (AvgIpc) is 2.43. The summed E-state index contributed by atoms with van der Waals surface area (Å²) in [5.74, 6) is 0. The van der Waals surface area contributed by atoms with Gasteiger partial charge < -0.3 is 5.32 Å². The van der Waals surface area contributed by atoms with Gasteiger partial charge in [-0.05, 0) is 43.2 Å². The van der Waals surface area contributed by atoms with Crippen LogP contribution < -0.4 is 5.32 Å². The highest BCUT2D eigenvalue weighted by molar-refractivity contribution is 5.69. The molecule has 0 aliphatic rings. The quantitative estimate of drug-likeness (QED) is 0.677. The van der Waals surface area contributed by atoms with Crippen LogP contribution in [0.25, 0.3) is 0 Å². The van der Waals surface area contributed by atoms with Gasteiger partial charge in [-0.25, -0.2) is 0 Å². The number of nitrogens with zero attached hydrogens (tertiary/aromatic N) is 2. The maximum Gasteiger partial charge on any atom is 0.270 e. The highest BCUT2D eigenvalue weighted by atomic mass is 16.6. The first kappa shape index (κ1) is 13.6. The van der Waals surface area contributed by atoms with Crippen LogP contribution >= 0.6 is 0 Å². The van der Waals surface area contributed by atoms with Gasteiger partial charge >= 0.3 is 0 Å². The highest BCUT2D eigenvalue weighted by Gasteiger charge is 2.10. The first-order valence-electron chi connectivity index (χ1n) is 6.04. The molecule has 5 heteroatoms. The molecule has 0 saturated heterocycles. The monoisotopic (exact) mass is 267 g/mol. The molecule has 0 aliphatic carbocycles. The van der Waals surface area contributed by atoms with Gasteiger partial charge in [-0.15, -0.1) is 0 Å². The van der Waals surface area contributed by atoms with Crippen molar-refractivity contribution in [1.82, 2.24) is 0 Å². The number of hydrogen-bond donors (Lipinski definition) is 1. The number of hydrogen-bond acceptors (Lipinski definition) is 4. The molecule has 5 nitrogen and oxygen atoms in total. The number of rotatable bonds is 3. The zero-order valence-electron chi connectivity index (χ0n) is 11.2. The minimum atomic E-state index is -0.513. The molecular weight excluding hydrogens is 254 g/mol. The third kappa shape index (κ3) is 2.75. The maximum absolute atomic E-state index is 10.7. The number of anilines is 2. The number of benzene rings is 2. The number of nitro benzene ring substituents is 1. The van der Waals surface area contributed by atoms with Crippen molar-refractivity contribution in [1.29, 1.82) is 5.26 Å². The fraction of sp³-hybridized carbons (Fsp3) is 0.133. The summed E-state index contributed by atoms with van der Waals surface area (Å²) in [4.78, 5) is 10.2. The Hall–Kier alpha value is -2.87. The number of non-ortho nitro benzene ring substituents is 1. The minimum absolute atomic E-state index is 0.0906. The molecule has 0 bridgehead atoms. The number of nitriles is 1. The number of aryl methyl sites for hydroxylation is 2. The van der Waals surface area contributed by atoms with E-state index in [0.717, 1.165) is 11.3 Å². The molecule has 1 N–H and O–H groups in total. The Morgan fingerprint density at radius 1 is 1.15 bits per heavy atom. The highest BCUT2D eigenvalue weighted by Crippen LogP contribution is 2.25. The lowest BCUT2D eigenvalue weighted by atomic mass is 10.1. The second-order valence-corrected chi connectivity index (χ2v) is 4.52. The van der Waals surface area contributed by atoms with Crippen LogP contribution in [0.2, 0.25) is 0 Å². The normalized spacial score (nSPS) is 9.85. The Morgan fingerprint density at radius 3 is 2.50 bits per heavy atom. The van der Waals surface area contributed by atoms with E-state index in [9.17, 15) is 10.1 Å². The van der Waals surface area contributed by atoms with E-state index in [1.54, 1.807) is 6.07 Å². The van der Waals surface area contributed by atoms with Gasteiger partial charge in [0.25, 0.3) is 5.69 Å². The second kappa shape index (κ2) is 5.41. The van der Waals surface area contributed by atoms with Crippen LogP contribution in [-0.4, -0.2) is 4.92 Å². The van der Waals surface area contributed by atoms with Crippen molar-refractivity contribution in [2.45, 2.75) is 13.8 Å². The Kier molecular flexibility index (Phi) is 3.67. The second-order valence-electron chi connectivity index (χ2n) is 4.52. The van der Waals surface area contributed by atoms with Gasteiger partial charge in [-0.3, -0.25) is 10.1 Å². The van der Waals surface area contributed by atoms with Crippen molar-refractivity contribution in [2.75, 3.05) is 5.32 Å². The van der Waals surface area contributed by atoms with E-state index >= 15 is 0 Å². The molecule has 2 aromatic rings. The molecule has 0 heterocycles. The first-order valence-corrected chi connectivity index (χ1v) is 6.04. The predicted octanol–water partition coefficient (Wildman–Crippen LogP) is 3.83. The van der Waals surface area contributed by atoms with Gasteiger partial charge in [-0.2, -0.15) is 5.26 Å². The van der Waals surface area contributed by atoms with Crippen LogP contribution in [0.5, 0.6) is 0 Å². The molecule has 100 valence electrons. The van der Waals surface area contributed by atoms with E-state index in [-0.39, 0.29) is 11.3 Å². The molecule has 20 heavy (non-hydrogen) atoms. The van der Waals surface area contributed by atoms with Crippen molar-refractivity contribution in [3.05, 3.63) is 63.2 Å². The van der Waals surface area contributed by atoms with Crippen molar-refractivity contribution >= 4 is 17.1 Å². The fourth-order valence-electron chi connectivity index (χ4n) is 1.82. The molecule has 2 rings (SSSR count). The van der Waals surface area contributed by atoms with Crippen molar-refractivity contribution in [3.63, 3.8) is 0 Å².